The Bertz CT molecular complexity index is 469. The third-order valence-electron chi connectivity index (χ3n) is 3.88. The second-order valence-corrected chi connectivity index (χ2v) is 5.12. The number of fused-ring (bicyclic) bond motifs is 1. The molecule has 1 saturated heterocycles. The molecule has 3 nitrogen and oxygen atoms in total. The predicted molar refractivity (Wildman–Crippen MR) is 68.1 cm³/mol. The summed E-state index contributed by atoms with van der Waals surface area (Å²) in [6, 6.07) is 4.96. The first-order chi connectivity index (χ1) is 8.75. The fourth-order valence-electron chi connectivity index (χ4n) is 2.90. The SMILES string of the molecule is O=C1Cc2cccc(F)c2N1CC1CCNCC1. The van der Waals surface area contributed by atoms with Gasteiger partial charge in [0.1, 0.15) is 5.82 Å². The van der Waals surface area contributed by atoms with Crippen LogP contribution in [0.1, 0.15) is 18.4 Å². The Balaban J connectivity index is 1.82. The van der Waals surface area contributed by atoms with Gasteiger partial charge in [0.2, 0.25) is 5.91 Å². The van der Waals surface area contributed by atoms with Crippen molar-refractivity contribution in [1.82, 2.24) is 5.32 Å². The third-order valence-corrected chi connectivity index (χ3v) is 3.88. The van der Waals surface area contributed by atoms with Crippen LogP contribution in [0.15, 0.2) is 18.2 Å². The van der Waals surface area contributed by atoms with E-state index < -0.39 is 0 Å². The summed E-state index contributed by atoms with van der Waals surface area (Å²) in [5.41, 5.74) is 1.34. The molecule has 4 heteroatoms. The van der Waals surface area contributed by atoms with Gasteiger partial charge >= 0.3 is 0 Å². The highest BCUT2D eigenvalue weighted by atomic mass is 19.1. The first-order valence-corrected chi connectivity index (χ1v) is 6.54. The Morgan fingerprint density at radius 1 is 1.33 bits per heavy atom. The maximum Gasteiger partial charge on any atom is 0.231 e. The van der Waals surface area contributed by atoms with Gasteiger partial charge in [-0.15, -0.1) is 0 Å². The molecular formula is C14H17FN2O. The maximum atomic E-state index is 13.9. The fourth-order valence-corrected chi connectivity index (χ4v) is 2.90. The van der Waals surface area contributed by atoms with Gasteiger partial charge in [-0.3, -0.25) is 4.79 Å². The van der Waals surface area contributed by atoms with E-state index in [-0.39, 0.29) is 11.7 Å². The molecule has 1 aromatic rings. The van der Waals surface area contributed by atoms with Gasteiger partial charge in [-0.05, 0) is 43.5 Å². The van der Waals surface area contributed by atoms with Crippen LogP contribution < -0.4 is 10.2 Å². The molecule has 1 N–H and O–H groups in total. The van der Waals surface area contributed by atoms with E-state index in [4.69, 9.17) is 0 Å². The molecule has 1 aromatic carbocycles. The molecule has 2 aliphatic heterocycles. The van der Waals surface area contributed by atoms with Crippen LogP contribution in [0.4, 0.5) is 10.1 Å². The predicted octanol–water partition coefficient (Wildman–Crippen LogP) is 1.71. The number of nitrogens with one attached hydrogen (secondary N) is 1. The molecule has 0 atom stereocenters. The van der Waals surface area contributed by atoms with Gasteiger partial charge < -0.3 is 10.2 Å². The smallest absolute Gasteiger partial charge is 0.231 e. The van der Waals surface area contributed by atoms with E-state index in [0.717, 1.165) is 31.5 Å². The Hall–Kier alpha value is -1.42. The molecule has 18 heavy (non-hydrogen) atoms. The fraction of sp³-hybridized carbons (Fsp3) is 0.500. The molecule has 0 radical (unpaired) electrons. The van der Waals surface area contributed by atoms with Crippen LogP contribution in [0.3, 0.4) is 0 Å². The van der Waals surface area contributed by atoms with E-state index in [2.05, 4.69) is 5.32 Å². The van der Waals surface area contributed by atoms with Gasteiger partial charge in [0, 0.05) is 6.54 Å². The molecule has 0 bridgehead atoms. The molecular weight excluding hydrogens is 231 g/mol. The Morgan fingerprint density at radius 3 is 2.89 bits per heavy atom. The van der Waals surface area contributed by atoms with Crippen molar-refractivity contribution in [2.24, 2.45) is 5.92 Å². The van der Waals surface area contributed by atoms with Gasteiger partial charge in [0.15, 0.2) is 0 Å². The van der Waals surface area contributed by atoms with E-state index in [9.17, 15) is 9.18 Å². The van der Waals surface area contributed by atoms with Crippen molar-refractivity contribution >= 4 is 11.6 Å². The molecule has 1 amide bonds. The van der Waals surface area contributed by atoms with Gasteiger partial charge in [-0.1, -0.05) is 12.1 Å². The van der Waals surface area contributed by atoms with E-state index in [1.165, 1.54) is 6.07 Å². The quantitative estimate of drug-likeness (QED) is 0.864. The van der Waals surface area contributed by atoms with Crippen LogP contribution in [-0.2, 0) is 11.2 Å². The summed E-state index contributed by atoms with van der Waals surface area (Å²) in [5, 5.41) is 3.30. The molecule has 1 fully saturated rings. The van der Waals surface area contributed by atoms with Crippen molar-refractivity contribution in [2.45, 2.75) is 19.3 Å². The van der Waals surface area contributed by atoms with Crippen molar-refractivity contribution in [3.8, 4) is 0 Å². The molecule has 0 saturated carbocycles. The van der Waals surface area contributed by atoms with E-state index in [1.807, 2.05) is 6.07 Å². The van der Waals surface area contributed by atoms with Crippen LogP contribution in [0.5, 0.6) is 0 Å². The van der Waals surface area contributed by atoms with Crippen LogP contribution in [0, 0.1) is 11.7 Å². The van der Waals surface area contributed by atoms with Crippen LogP contribution in [-0.4, -0.2) is 25.5 Å². The summed E-state index contributed by atoms with van der Waals surface area (Å²) in [7, 11) is 0. The Kier molecular flexibility index (Phi) is 3.04. The molecule has 0 aliphatic carbocycles. The summed E-state index contributed by atoms with van der Waals surface area (Å²) >= 11 is 0. The minimum absolute atomic E-state index is 0.0358. The van der Waals surface area contributed by atoms with Crippen LogP contribution in [0.25, 0.3) is 0 Å². The highest BCUT2D eigenvalue weighted by Gasteiger charge is 2.31. The summed E-state index contributed by atoms with van der Waals surface area (Å²) in [6.07, 6.45) is 2.47. The van der Waals surface area contributed by atoms with Gasteiger partial charge in [0.05, 0.1) is 12.1 Å². The van der Waals surface area contributed by atoms with Gasteiger partial charge in [-0.25, -0.2) is 4.39 Å². The van der Waals surface area contributed by atoms with E-state index in [0.29, 0.717) is 24.6 Å². The second kappa shape index (κ2) is 4.69. The largest absolute Gasteiger partial charge is 0.317 e. The average Bonchev–Trinajstić information content (AvgIpc) is 2.69. The standard InChI is InChI=1S/C14H17FN2O/c15-12-3-1-2-11-8-13(18)17(14(11)12)9-10-4-6-16-7-5-10/h1-3,10,16H,4-9H2. The normalized spacial score (nSPS) is 20.3. The number of carbonyl (C=O) groups is 1. The van der Waals surface area contributed by atoms with Crippen molar-refractivity contribution in [1.29, 1.82) is 0 Å². The second-order valence-electron chi connectivity index (χ2n) is 5.12. The molecule has 3 rings (SSSR count). The summed E-state index contributed by atoms with van der Waals surface area (Å²) in [4.78, 5) is 13.7. The lowest BCUT2D eigenvalue weighted by molar-refractivity contribution is -0.117. The highest BCUT2D eigenvalue weighted by molar-refractivity contribution is 6.01. The Labute approximate surface area is 106 Å². The van der Waals surface area contributed by atoms with E-state index >= 15 is 0 Å². The lowest BCUT2D eigenvalue weighted by Gasteiger charge is -2.28. The van der Waals surface area contributed by atoms with E-state index in [1.54, 1.807) is 11.0 Å². The molecule has 2 heterocycles. The number of benzene rings is 1. The molecule has 2 aliphatic rings. The maximum absolute atomic E-state index is 13.9. The van der Waals surface area contributed by atoms with Crippen molar-refractivity contribution in [2.75, 3.05) is 24.5 Å². The number of anilines is 1. The molecule has 0 aromatic heterocycles. The summed E-state index contributed by atoms with van der Waals surface area (Å²) in [6.45, 7) is 2.65. The van der Waals surface area contributed by atoms with Crippen LogP contribution >= 0.6 is 0 Å². The lowest BCUT2D eigenvalue weighted by atomic mass is 9.97. The number of hydrogen-bond acceptors (Lipinski definition) is 2. The number of hydrogen-bond donors (Lipinski definition) is 1. The lowest BCUT2D eigenvalue weighted by Crippen LogP contribution is -2.38. The molecule has 96 valence electrons. The highest BCUT2D eigenvalue weighted by Crippen LogP contribution is 2.32. The molecule has 0 spiro atoms. The van der Waals surface area contributed by atoms with Crippen molar-refractivity contribution in [3.05, 3.63) is 29.6 Å². The van der Waals surface area contributed by atoms with Gasteiger partial charge in [-0.2, -0.15) is 0 Å². The average molecular weight is 248 g/mol. The number of rotatable bonds is 2. The number of nitrogens with zero attached hydrogens (tertiary/aromatic N) is 1. The third kappa shape index (κ3) is 2.01. The molecule has 0 unspecified atom stereocenters. The van der Waals surface area contributed by atoms with Gasteiger partial charge in [0.25, 0.3) is 0 Å². The monoisotopic (exact) mass is 248 g/mol. The minimum atomic E-state index is -0.271. The first kappa shape index (κ1) is 11.7. The number of carbonyl (C=O) groups excluding carboxylic acids is 1. The zero-order valence-corrected chi connectivity index (χ0v) is 10.3. The Morgan fingerprint density at radius 2 is 2.11 bits per heavy atom. The van der Waals surface area contributed by atoms with Crippen molar-refractivity contribution in [3.63, 3.8) is 0 Å². The zero-order chi connectivity index (χ0) is 12.5. The van der Waals surface area contributed by atoms with Crippen molar-refractivity contribution < 1.29 is 9.18 Å². The first-order valence-electron chi connectivity index (χ1n) is 6.54. The summed E-state index contributed by atoms with van der Waals surface area (Å²) in [5.74, 6) is 0.252. The number of para-hydroxylation sites is 1. The van der Waals surface area contributed by atoms with Crippen LogP contribution in [0.2, 0.25) is 0 Å². The number of halogens is 1. The summed E-state index contributed by atoms with van der Waals surface area (Å²) < 4.78 is 13.9. The topological polar surface area (TPSA) is 32.3 Å². The number of amides is 1. The zero-order valence-electron chi connectivity index (χ0n) is 10.3. The number of piperidine rings is 1. The minimum Gasteiger partial charge on any atom is -0.317 e.